The smallest absolute Gasteiger partial charge is 0.262 e. The summed E-state index contributed by atoms with van der Waals surface area (Å²) in [6.07, 6.45) is 4.85. The molecule has 1 unspecified atom stereocenters. The van der Waals surface area contributed by atoms with Crippen LogP contribution in [-0.4, -0.2) is 22.8 Å². The molecule has 0 amide bonds. The van der Waals surface area contributed by atoms with Gasteiger partial charge in [0.15, 0.2) is 0 Å². The van der Waals surface area contributed by atoms with Gasteiger partial charge in [-0.05, 0) is 61.9 Å². The zero-order valence-electron chi connectivity index (χ0n) is 15.7. The van der Waals surface area contributed by atoms with Crippen LogP contribution >= 0.6 is 11.3 Å². The van der Waals surface area contributed by atoms with Gasteiger partial charge in [-0.3, -0.25) is 9.36 Å². The average molecular weight is 385 g/mol. The molecule has 1 atom stereocenters. The lowest BCUT2D eigenvalue weighted by Gasteiger charge is -2.17. The first-order valence-electron chi connectivity index (χ1n) is 9.51. The third-order valence-electron chi connectivity index (χ3n) is 5.02. The number of aromatic nitrogens is 2. The second kappa shape index (κ2) is 7.72. The normalized spacial score (nSPS) is 16.3. The second-order valence-corrected chi connectivity index (χ2v) is 8.11. The van der Waals surface area contributed by atoms with Crippen molar-refractivity contribution in [2.75, 3.05) is 13.2 Å². The number of benzene rings is 1. The zero-order valence-corrected chi connectivity index (χ0v) is 16.6. The van der Waals surface area contributed by atoms with Crippen LogP contribution in [0.4, 0.5) is 0 Å². The summed E-state index contributed by atoms with van der Waals surface area (Å²) >= 11 is 1.68. The Hall–Kier alpha value is -2.34. The number of fused-ring (bicyclic) bond motifs is 3. The number of thiophene rings is 1. The topological polar surface area (TPSA) is 53.4 Å². The first-order valence-corrected chi connectivity index (χ1v) is 10.3. The summed E-state index contributed by atoms with van der Waals surface area (Å²) in [6, 6.07) is 7.53. The van der Waals surface area contributed by atoms with Crippen LogP contribution in [-0.2, 0) is 19.4 Å². The summed E-state index contributed by atoms with van der Waals surface area (Å²) in [6.45, 7) is 5.78. The molecular formula is C21H24N2O3S. The molecule has 2 aromatic heterocycles. The number of nitrogens with zero attached hydrogens (tertiary/aromatic N) is 2. The number of hydrogen-bond acceptors (Lipinski definition) is 5. The maximum absolute atomic E-state index is 13.0. The largest absolute Gasteiger partial charge is 0.494 e. The molecule has 2 heterocycles. The van der Waals surface area contributed by atoms with Gasteiger partial charge in [-0.25, -0.2) is 4.98 Å². The van der Waals surface area contributed by atoms with Gasteiger partial charge >= 0.3 is 0 Å². The summed E-state index contributed by atoms with van der Waals surface area (Å²) in [5.41, 5.74) is 1.29. The van der Waals surface area contributed by atoms with Gasteiger partial charge in [0.2, 0.25) is 0 Å². The Kier molecular flexibility index (Phi) is 5.16. The standard InChI is InChI=1S/C21H24N2O3S/c1-3-25-15-5-7-16(8-6-15)26-11-10-23-13-22-20-19(21(23)24)17-9-4-14(2)12-18(17)27-20/h5-8,13-14H,3-4,9-12H2,1-2H3. The minimum Gasteiger partial charge on any atom is -0.494 e. The van der Waals surface area contributed by atoms with Gasteiger partial charge in [0.25, 0.3) is 5.56 Å². The highest BCUT2D eigenvalue weighted by Gasteiger charge is 2.23. The van der Waals surface area contributed by atoms with Gasteiger partial charge in [0.1, 0.15) is 22.9 Å². The Morgan fingerprint density at radius 2 is 1.96 bits per heavy atom. The monoisotopic (exact) mass is 384 g/mol. The Bertz CT molecular complexity index is 991. The van der Waals surface area contributed by atoms with E-state index in [1.54, 1.807) is 22.2 Å². The van der Waals surface area contributed by atoms with E-state index in [2.05, 4.69) is 11.9 Å². The highest BCUT2D eigenvalue weighted by Crippen LogP contribution is 2.35. The molecule has 0 fully saturated rings. The van der Waals surface area contributed by atoms with Gasteiger partial charge < -0.3 is 9.47 Å². The lowest BCUT2D eigenvalue weighted by atomic mass is 9.89. The van der Waals surface area contributed by atoms with Crippen molar-refractivity contribution in [3.8, 4) is 11.5 Å². The molecule has 0 spiro atoms. The summed E-state index contributed by atoms with van der Waals surface area (Å²) in [4.78, 5) is 19.7. The van der Waals surface area contributed by atoms with Crippen molar-refractivity contribution in [2.24, 2.45) is 5.92 Å². The van der Waals surface area contributed by atoms with Crippen molar-refractivity contribution in [2.45, 2.75) is 39.7 Å². The van der Waals surface area contributed by atoms with Crippen LogP contribution in [0.5, 0.6) is 11.5 Å². The number of hydrogen-bond donors (Lipinski definition) is 0. The molecule has 5 nitrogen and oxygen atoms in total. The van der Waals surface area contributed by atoms with Crippen LogP contribution in [0.2, 0.25) is 0 Å². The number of ether oxygens (including phenoxy) is 2. The molecule has 0 saturated heterocycles. The summed E-state index contributed by atoms with van der Waals surface area (Å²) in [7, 11) is 0. The molecule has 3 aromatic rings. The van der Waals surface area contributed by atoms with E-state index in [1.165, 1.54) is 10.4 Å². The van der Waals surface area contributed by atoms with E-state index in [4.69, 9.17) is 9.47 Å². The minimum atomic E-state index is 0.0577. The maximum atomic E-state index is 13.0. The van der Waals surface area contributed by atoms with Gasteiger partial charge in [-0.15, -0.1) is 11.3 Å². The van der Waals surface area contributed by atoms with E-state index >= 15 is 0 Å². The predicted molar refractivity (Wildman–Crippen MR) is 108 cm³/mol. The molecule has 4 rings (SSSR count). The Morgan fingerprint density at radius 1 is 1.22 bits per heavy atom. The van der Waals surface area contributed by atoms with E-state index in [9.17, 15) is 4.79 Å². The van der Waals surface area contributed by atoms with Gasteiger partial charge in [-0.1, -0.05) is 6.92 Å². The second-order valence-electron chi connectivity index (χ2n) is 7.03. The SMILES string of the molecule is CCOc1ccc(OCCn2cnc3sc4c(c3c2=O)CCC(C)C4)cc1. The molecule has 0 bridgehead atoms. The molecule has 0 saturated carbocycles. The van der Waals surface area contributed by atoms with Crippen molar-refractivity contribution < 1.29 is 9.47 Å². The quantitative estimate of drug-likeness (QED) is 0.643. The summed E-state index contributed by atoms with van der Waals surface area (Å²) in [5, 5.41) is 0.825. The summed E-state index contributed by atoms with van der Waals surface area (Å²) in [5.74, 6) is 2.28. The fraction of sp³-hybridized carbons (Fsp3) is 0.429. The molecule has 6 heteroatoms. The van der Waals surface area contributed by atoms with Crippen molar-refractivity contribution in [1.29, 1.82) is 0 Å². The molecular weight excluding hydrogens is 360 g/mol. The van der Waals surface area contributed by atoms with Crippen LogP contribution in [0.15, 0.2) is 35.4 Å². The highest BCUT2D eigenvalue weighted by molar-refractivity contribution is 7.18. The van der Waals surface area contributed by atoms with Gasteiger partial charge in [0, 0.05) is 4.88 Å². The first-order chi connectivity index (χ1) is 13.2. The van der Waals surface area contributed by atoms with E-state index in [0.29, 0.717) is 25.7 Å². The third kappa shape index (κ3) is 3.72. The predicted octanol–water partition coefficient (Wildman–Crippen LogP) is 4.06. The van der Waals surface area contributed by atoms with E-state index < -0.39 is 0 Å². The minimum absolute atomic E-state index is 0.0577. The van der Waals surface area contributed by atoms with Crippen molar-refractivity contribution in [3.63, 3.8) is 0 Å². The van der Waals surface area contributed by atoms with Crippen molar-refractivity contribution in [1.82, 2.24) is 9.55 Å². The van der Waals surface area contributed by atoms with Gasteiger partial charge in [-0.2, -0.15) is 0 Å². The zero-order chi connectivity index (χ0) is 18.8. The Balaban J connectivity index is 1.48. The molecule has 0 aliphatic heterocycles. The third-order valence-corrected chi connectivity index (χ3v) is 6.18. The number of rotatable bonds is 6. The molecule has 142 valence electrons. The molecule has 1 aliphatic carbocycles. The average Bonchev–Trinajstić information content (AvgIpc) is 3.03. The number of aryl methyl sites for hydroxylation is 1. The molecule has 27 heavy (non-hydrogen) atoms. The van der Waals surface area contributed by atoms with Crippen LogP contribution < -0.4 is 15.0 Å². The molecule has 1 aromatic carbocycles. The molecule has 0 N–H and O–H groups in total. The van der Waals surface area contributed by atoms with E-state index in [1.807, 2.05) is 31.2 Å². The first kappa shape index (κ1) is 18.0. The van der Waals surface area contributed by atoms with Crippen LogP contribution in [0, 0.1) is 5.92 Å². The molecule has 1 aliphatic rings. The Morgan fingerprint density at radius 3 is 2.70 bits per heavy atom. The fourth-order valence-electron chi connectivity index (χ4n) is 3.59. The fourth-order valence-corrected chi connectivity index (χ4v) is 4.93. The van der Waals surface area contributed by atoms with E-state index in [0.717, 1.165) is 41.0 Å². The molecule has 0 radical (unpaired) electrons. The lowest BCUT2D eigenvalue weighted by Crippen LogP contribution is -2.24. The lowest BCUT2D eigenvalue weighted by molar-refractivity contribution is 0.294. The Labute approximate surface area is 162 Å². The van der Waals surface area contributed by atoms with Crippen molar-refractivity contribution >= 4 is 21.6 Å². The van der Waals surface area contributed by atoms with Crippen molar-refractivity contribution in [3.05, 3.63) is 51.4 Å². The van der Waals surface area contributed by atoms with Gasteiger partial charge in [0.05, 0.1) is 24.9 Å². The van der Waals surface area contributed by atoms with E-state index in [-0.39, 0.29) is 5.56 Å². The highest BCUT2D eigenvalue weighted by atomic mass is 32.1. The van der Waals surface area contributed by atoms with Crippen LogP contribution in [0.1, 0.15) is 30.7 Å². The van der Waals surface area contributed by atoms with Crippen LogP contribution in [0.3, 0.4) is 0 Å². The van der Waals surface area contributed by atoms with Crippen LogP contribution in [0.25, 0.3) is 10.2 Å². The summed E-state index contributed by atoms with van der Waals surface area (Å²) < 4.78 is 12.9. The maximum Gasteiger partial charge on any atom is 0.262 e.